The highest BCUT2D eigenvalue weighted by Gasteiger charge is 2.39. The molecular formula is C13H21BrO2. The molecule has 0 spiro atoms. The van der Waals surface area contributed by atoms with Crippen LogP contribution in [0.4, 0.5) is 0 Å². The van der Waals surface area contributed by atoms with Gasteiger partial charge in [0.2, 0.25) is 0 Å². The lowest BCUT2D eigenvalue weighted by Crippen LogP contribution is -2.37. The van der Waals surface area contributed by atoms with Gasteiger partial charge in [0.15, 0.2) is 0 Å². The van der Waals surface area contributed by atoms with Crippen LogP contribution >= 0.6 is 15.9 Å². The highest BCUT2D eigenvalue weighted by molar-refractivity contribution is 9.09. The molecule has 0 amide bonds. The number of hydrogen-bond donors (Lipinski definition) is 0. The number of hydrogen-bond acceptors (Lipinski definition) is 2. The van der Waals surface area contributed by atoms with Crippen LogP contribution in [0.2, 0.25) is 0 Å². The number of allylic oxidation sites excluding steroid dienone is 1. The van der Waals surface area contributed by atoms with Crippen LogP contribution in [0, 0.1) is 17.3 Å². The fraction of sp³-hybridized carbons (Fsp3) is 0.769. The van der Waals surface area contributed by atoms with E-state index in [4.69, 9.17) is 4.74 Å². The molecule has 0 radical (unpaired) electrons. The molecule has 0 heterocycles. The van der Waals surface area contributed by atoms with Crippen molar-refractivity contribution < 1.29 is 9.53 Å². The third-order valence-electron chi connectivity index (χ3n) is 3.88. The maximum atomic E-state index is 10.8. The Morgan fingerprint density at radius 1 is 1.56 bits per heavy atom. The van der Waals surface area contributed by atoms with Gasteiger partial charge in [-0.3, -0.25) is 4.79 Å². The maximum Gasteiger partial charge on any atom is 0.302 e. The van der Waals surface area contributed by atoms with Crippen LogP contribution in [0.5, 0.6) is 0 Å². The molecule has 0 aromatic carbocycles. The summed E-state index contributed by atoms with van der Waals surface area (Å²) in [6.07, 6.45) is 2.25. The molecule has 1 aliphatic carbocycles. The van der Waals surface area contributed by atoms with E-state index in [0.29, 0.717) is 18.4 Å². The van der Waals surface area contributed by atoms with E-state index in [9.17, 15) is 4.79 Å². The van der Waals surface area contributed by atoms with Crippen molar-refractivity contribution in [1.82, 2.24) is 0 Å². The second kappa shape index (κ2) is 5.35. The molecule has 2 nitrogen and oxygen atoms in total. The fourth-order valence-electron chi connectivity index (χ4n) is 2.41. The van der Waals surface area contributed by atoms with Crippen molar-refractivity contribution in [1.29, 1.82) is 0 Å². The molecular weight excluding hydrogens is 268 g/mol. The number of carbonyl (C=O) groups excluding carboxylic acids is 1. The Hall–Kier alpha value is -0.310. The van der Waals surface area contributed by atoms with Gasteiger partial charge in [-0.2, -0.15) is 0 Å². The molecule has 3 heteroatoms. The third-order valence-corrected chi connectivity index (χ3v) is 4.66. The van der Waals surface area contributed by atoms with Gasteiger partial charge in [-0.1, -0.05) is 41.9 Å². The van der Waals surface area contributed by atoms with Gasteiger partial charge in [0.1, 0.15) is 0 Å². The minimum Gasteiger partial charge on any atom is -0.466 e. The van der Waals surface area contributed by atoms with Gasteiger partial charge >= 0.3 is 5.97 Å². The summed E-state index contributed by atoms with van der Waals surface area (Å²) in [5.74, 6) is 0.770. The Morgan fingerprint density at radius 3 is 2.69 bits per heavy atom. The maximum absolute atomic E-state index is 10.8. The van der Waals surface area contributed by atoms with E-state index in [1.54, 1.807) is 0 Å². The average molecular weight is 289 g/mol. The van der Waals surface area contributed by atoms with E-state index in [2.05, 4.69) is 36.4 Å². The van der Waals surface area contributed by atoms with E-state index in [1.165, 1.54) is 12.5 Å². The lowest BCUT2D eigenvalue weighted by molar-refractivity contribution is -0.143. The second-order valence-electron chi connectivity index (χ2n) is 5.18. The standard InChI is InChI=1S/C13H21BrO2/c1-9-11(7-14)5-6-12(13(9,3)4)8-16-10(2)15/h11-12H,1,5-8H2,2-4H3/t11-,12+/m0/s1. The minimum absolute atomic E-state index is 0.0616. The van der Waals surface area contributed by atoms with Crippen LogP contribution in [0.3, 0.4) is 0 Å². The second-order valence-corrected chi connectivity index (χ2v) is 5.82. The minimum atomic E-state index is -0.191. The molecule has 92 valence electrons. The first kappa shape index (κ1) is 13.8. The molecule has 0 aromatic heterocycles. The van der Waals surface area contributed by atoms with E-state index in [1.807, 2.05) is 0 Å². The Labute approximate surface area is 107 Å². The van der Waals surface area contributed by atoms with E-state index < -0.39 is 0 Å². The normalized spacial score (nSPS) is 28.9. The van der Waals surface area contributed by atoms with Crippen LogP contribution < -0.4 is 0 Å². The van der Waals surface area contributed by atoms with Gasteiger partial charge in [0, 0.05) is 18.2 Å². The Morgan fingerprint density at radius 2 is 2.19 bits per heavy atom. The monoisotopic (exact) mass is 288 g/mol. The highest BCUT2D eigenvalue weighted by atomic mass is 79.9. The van der Waals surface area contributed by atoms with Crippen LogP contribution in [0.25, 0.3) is 0 Å². The van der Waals surface area contributed by atoms with Crippen molar-refractivity contribution in [3.63, 3.8) is 0 Å². The Balaban J connectivity index is 2.67. The molecule has 1 fully saturated rings. The van der Waals surface area contributed by atoms with E-state index >= 15 is 0 Å². The molecule has 1 saturated carbocycles. The number of rotatable bonds is 3. The van der Waals surface area contributed by atoms with Gasteiger partial charge < -0.3 is 4.74 Å². The molecule has 1 rings (SSSR count). The fourth-order valence-corrected chi connectivity index (χ4v) is 3.12. The predicted molar refractivity (Wildman–Crippen MR) is 69.6 cm³/mol. The van der Waals surface area contributed by atoms with Gasteiger partial charge in [-0.05, 0) is 24.2 Å². The summed E-state index contributed by atoms with van der Waals surface area (Å²) in [4.78, 5) is 10.8. The van der Waals surface area contributed by atoms with Crippen LogP contribution in [0.15, 0.2) is 12.2 Å². The van der Waals surface area contributed by atoms with Crippen molar-refractivity contribution >= 4 is 21.9 Å². The zero-order valence-electron chi connectivity index (χ0n) is 10.4. The lowest BCUT2D eigenvalue weighted by Gasteiger charge is -2.44. The van der Waals surface area contributed by atoms with Crippen molar-refractivity contribution in [2.24, 2.45) is 17.3 Å². The quantitative estimate of drug-likeness (QED) is 0.451. The number of esters is 1. The van der Waals surface area contributed by atoms with Crippen LogP contribution in [0.1, 0.15) is 33.6 Å². The molecule has 0 aliphatic heterocycles. The van der Waals surface area contributed by atoms with E-state index in [-0.39, 0.29) is 11.4 Å². The van der Waals surface area contributed by atoms with Crippen molar-refractivity contribution in [3.05, 3.63) is 12.2 Å². The summed E-state index contributed by atoms with van der Waals surface area (Å²) >= 11 is 3.54. The van der Waals surface area contributed by atoms with Crippen LogP contribution in [-0.2, 0) is 9.53 Å². The summed E-state index contributed by atoms with van der Waals surface area (Å²) in [7, 11) is 0. The molecule has 0 N–H and O–H groups in total. The first-order valence-corrected chi connectivity index (χ1v) is 6.90. The van der Waals surface area contributed by atoms with Gasteiger partial charge in [0.25, 0.3) is 0 Å². The smallest absolute Gasteiger partial charge is 0.302 e. The molecule has 1 aliphatic rings. The molecule has 0 aromatic rings. The highest BCUT2D eigenvalue weighted by Crippen LogP contribution is 2.47. The first-order chi connectivity index (χ1) is 7.39. The van der Waals surface area contributed by atoms with Crippen molar-refractivity contribution in [2.45, 2.75) is 33.6 Å². The van der Waals surface area contributed by atoms with Gasteiger partial charge in [0.05, 0.1) is 6.61 Å². The van der Waals surface area contributed by atoms with Crippen molar-refractivity contribution in [2.75, 3.05) is 11.9 Å². The number of halogens is 1. The molecule has 0 saturated heterocycles. The first-order valence-electron chi connectivity index (χ1n) is 5.78. The lowest BCUT2D eigenvalue weighted by atomic mass is 9.63. The average Bonchev–Trinajstić information content (AvgIpc) is 2.20. The number of carbonyl (C=O) groups is 1. The summed E-state index contributed by atoms with van der Waals surface area (Å²) in [6.45, 7) is 10.6. The zero-order valence-corrected chi connectivity index (χ0v) is 12.0. The van der Waals surface area contributed by atoms with Gasteiger partial charge in [-0.25, -0.2) is 0 Å². The summed E-state index contributed by atoms with van der Waals surface area (Å²) < 4.78 is 5.14. The molecule has 0 unspecified atom stereocenters. The van der Waals surface area contributed by atoms with E-state index in [0.717, 1.165) is 18.2 Å². The van der Waals surface area contributed by atoms with Crippen LogP contribution in [-0.4, -0.2) is 17.9 Å². The zero-order chi connectivity index (χ0) is 12.3. The largest absolute Gasteiger partial charge is 0.466 e. The summed E-state index contributed by atoms with van der Waals surface area (Å²) in [5, 5.41) is 0.982. The molecule has 2 atom stereocenters. The molecule has 0 bridgehead atoms. The van der Waals surface area contributed by atoms with Crippen molar-refractivity contribution in [3.8, 4) is 0 Å². The predicted octanol–water partition coefficient (Wildman–Crippen LogP) is 3.55. The number of ether oxygens (including phenoxy) is 1. The van der Waals surface area contributed by atoms with Gasteiger partial charge in [-0.15, -0.1) is 0 Å². The Kier molecular flexibility index (Phi) is 4.60. The summed E-state index contributed by atoms with van der Waals surface area (Å²) in [6, 6.07) is 0. The Bertz CT molecular complexity index is 284. The topological polar surface area (TPSA) is 26.3 Å². The SMILES string of the molecule is C=C1[C@H](CBr)CC[C@H](COC(C)=O)C1(C)C. The summed E-state index contributed by atoms with van der Waals surface area (Å²) in [5.41, 5.74) is 1.35. The third kappa shape index (κ3) is 2.88. The molecule has 16 heavy (non-hydrogen) atoms. The number of alkyl halides is 1.